The second-order valence-corrected chi connectivity index (χ2v) is 5.31. The molecule has 4 nitrogen and oxygen atoms in total. The number of hydrogen-bond donors (Lipinski definition) is 2. The van der Waals surface area contributed by atoms with Crippen LogP contribution < -0.4 is 10.5 Å². The molecule has 3 N–H and O–H groups in total. The smallest absolute Gasteiger partial charge is 0.119 e. The molecule has 0 saturated carbocycles. The number of nitrogens with two attached hydrogens (primary N) is 1. The van der Waals surface area contributed by atoms with Crippen LogP contribution in [0.3, 0.4) is 0 Å². The Kier molecular flexibility index (Phi) is 3.10. The number of aryl methyl sites for hydroxylation is 1. The Morgan fingerprint density at radius 2 is 2.25 bits per heavy atom. The van der Waals surface area contributed by atoms with E-state index in [1.54, 1.807) is 25.6 Å². The number of ether oxygens (including phenoxy) is 1. The molecule has 0 amide bonds. The quantitative estimate of drug-likeness (QED) is 0.895. The van der Waals surface area contributed by atoms with E-state index in [4.69, 9.17) is 10.5 Å². The fraction of sp³-hybridized carbons (Fsp3) is 0.312. The van der Waals surface area contributed by atoms with Gasteiger partial charge in [0.1, 0.15) is 5.75 Å². The van der Waals surface area contributed by atoms with Crippen molar-refractivity contribution < 1.29 is 9.84 Å². The van der Waals surface area contributed by atoms with Gasteiger partial charge in [-0.3, -0.25) is 4.98 Å². The molecule has 104 valence electrons. The Morgan fingerprint density at radius 1 is 1.40 bits per heavy atom. The van der Waals surface area contributed by atoms with Gasteiger partial charge in [0.05, 0.1) is 12.7 Å². The van der Waals surface area contributed by atoms with Crippen LogP contribution in [0.1, 0.15) is 23.1 Å². The molecule has 1 aromatic carbocycles. The molecule has 0 aliphatic heterocycles. The molecular weight excluding hydrogens is 252 g/mol. The molecule has 1 atom stereocenters. The largest absolute Gasteiger partial charge is 0.497 e. The van der Waals surface area contributed by atoms with Crippen molar-refractivity contribution in [3.63, 3.8) is 0 Å². The normalized spacial score (nSPS) is 20.7. The van der Waals surface area contributed by atoms with E-state index in [0.717, 1.165) is 23.3 Å². The lowest BCUT2D eigenvalue weighted by atomic mass is 9.88. The maximum absolute atomic E-state index is 11.0. The average Bonchev–Trinajstić information content (AvgIpc) is 2.78. The van der Waals surface area contributed by atoms with Crippen LogP contribution in [0.5, 0.6) is 5.75 Å². The SMILES string of the molecule is COc1ccc2c(c1)C(O)(Cc1cnccc1N)CC2. The van der Waals surface area contributed by atoms with Crippen molar-refractivity contribution in [2.75, 3.05) is 12.8 Å². The van der Waals surface area contributed by atoms with Crippen molar-refractivity contribution in [1.29, 1.82) is 0 Å². The van der Waals surface area contributed by atoms with Crippen molar-refractivity contribution >= 4 is 5.69 Å². The number of fused-ring (bicyclic) bond motifs is 1. The highest BCUT2D eigenvalue weighted by Crippen LogP contribution is 2.41. The minimum atomic E-state index is -0.888. The zero-order chi connectivity index (χ0) is 14.2. The number of nitrogen functional groups attached to an aromatic ring is 1. The molecule has 1 unspecified atom stereocenters. The molecule has 1 aromatic heterocycles. The highest BCUT2D eigenvalue weighted by Gasteiger charge is 2.37. The van der Waals surface area contributed by atoms with Crippen LogP contribution >= 0.6 is 0 Å². The summed E-state index contributed by atoms with van der Waals surface area (Å²) in [5.41, 5.74) is 8.74. The van der Waals surface area contributed by atoms with E-state index < -0.39 is 5.60 Å². The van der Waals surface area contributed by atoms with Crippen LogP contribution in [0.2, 0.25) is 0 Å². The Labute approximate surface area is 118 Å². The number of rotatable bonds is 3. The number of hydrogen-bond acceptors (Lipinski definition) is 4. The molecule has 1 aliphatic carbocycles. The second-order valence-electron chi connectivity index (χ2n) is 5.31. The lowest BCUT2D eigenvalue weighted by Gasteiger charge is -2.25. The monoisotopic (exact) mass is 270 g/mol. The first kappa shape index (κ1) is 12.9. The first-order valence-corrected chi connectivity index (χ1v) is 6.70. The maximum Gasteiger partial charge on any atom is 0.119 e. The molecule has 0 radical (unpaired) electrons. The van der Waals surface area contributed by atoms with Gasteiger partial charge in [-0.2, -0.15) is 0 Å². The molecule has 1 heterocycles. The lowest BCUT2D eigenvalue weighted by Crippen LogP contribution is -2.26. The predicted molar refractivity (Wildman–Crippen MR) is 77.6 cm³/mol. The summed E-state index contributed by atoms with van der Waals surface area (Å²) in [4.78, 5) is 4.09. The summed E-state index contributed by atoms with van der Waals surface area (Å²) in [6, 6.07) is 7.65. The minimum Gasteiger partial charge on any atom is -0.497 e. The third-order valence-corrected chi connectivity index (χ3v) is 4.05. The molecule has 0 spiro atoms. The van der Waals surface area contributed by atoms with Crippen LogP contribution in [-0.4, -0.2) is 17.2 Å². The van der Waals surface area contributed by atoms with E-state index in [0.29, 0.717) is 18.5 Å². The van der Waals surface area contributed by atoms with Gasteiger partial charge in [0.2, 0.25) is 0 Å². The summed E-state index contributed by atoms with van der Waals surface area (Å²) in [6.45, 7) is 0. The summed E-state index contributed by atoms with van der Waals surface area (Å²) in [6.07, 6.45) is 5.44. The third-order valence-electron chi connectivity index (χ3n) is 4.05. The zero-order valence-corrected chi connectivity index (χ0v) is 11.5. The first-order valence-electron chi connectivity index (χ1n) is 6.70. The molecular formula is C16H18N2O2. The van der Waals surface area contributed by atoms with Gasteiger partial charge in [0, 0.05) is 24.5 Å². The fourth-order valence-electron chi connectivity index (χ4n) is 2.89. The number of aromatic nitrogens is 1. The average molecular weight is 270 g/mol. The van der Waals surface area contributed by atoms with Crippen LogP contribution in [-0.2, 0) is 18.4 Å². The lowest BCUT2D eigenvalue weighted by molar-refractivity contribution is 0.0389. The van der Waals surface area contributed by atoms with Crippen LogP contribution in [0.25, 0.3) is 0 Å². The summed E-state index contributed by atoms with van der Waals surface area (Å²) in [7, 11) is 1.63. The Hall–Kier alpha value is -2.07. The van der Waals surface area contributed by atoms with Gasteiger partial charge in [-0.25, -0.2) is 0 Å². The van der Waals surface area contributed by atoms with Gasteiger partial charge in [-0.05, 0) is 47.7 Å². The van der Waals surface area contributed by atoms with Gasteiger partial charge < -0.3 is 15.6 Å². The third kappa shape index (κ3) is 2.12. The van der Waals surface area contributed by atoms with Gasteiger partial charge in [0.25, 0.3) is 0 Å². The van der Waals surface area contributed by atoms with Gasteiger partial charge in [-0.1, -0.05) is 6.07 Å². The van der Waals surface area contributed by atoms with Gasteiger partial charge in [0.15, 0.2) is 0 Å². The summed E-state index contributed by atoms with van der Waals surface area (Å²) >= 11 is 0. The highest BCUT2D eigenvalue weighted by atomic mass is 16.5. The van der Waals surface area contributed by atoms with Gasteiger partial charge >= 0.3 is 0 Å². The molecule has 4 heteroatoms. The van der Waals surface area contributed by atoms with E-state index in [1.807, 2.05) is 18.2 Å². The Balaban J connectivity index is 1.98. The number of pyridine rings is 1. The zero-order valence-electron chi connectivity index (χ0n) is 11.5. The number of anilines is 1. The Bertz CT molecular complexity index is 642. The standard InChI is InChI=1S/C16H18N2O2/c1-20-13-3-2-11-4-6-16(19,14(11)8-13)9-12-10-18-7-5-15(12)17/h2-3,5,7-8,10,19H,4,6,9H2,1H3,(H2,17,18). The fourth-order valence-corrected chi connectivity index (χ4v) is 2.89. The molecule has 0 saturated heterocycles. The summed E-state index contributed by atoms with van der Waals surface area (Å²) in [5.74, 6) is 0.767. The van der Waals surface area contributed by atoms with E-state index in [9.17, 15) is 5.11 Å². The van der Waals surface area contributed by atoms with E-state index >= 15 is 0 Å². The topological polar surface area (TPSA) is 68.4 Å². The van der Waals surface area contributed by atoms with E-state index in [1.165, 1.54) is 5.56 Å². The van der Waals surface area contributed by atoms with Crippen LogP contribution in [0, 0.1) is 0 Å². The van der Waals surface area contributed by atoms with Crippen LogP contribution in [0.4, 0.5) is 5.69 Å². The molecule has 0 fully saturated rings. The summed E-state index contributed by atoms with van der Waals surface area (Å²) in [5, 5.41) is 11.0. The molecule has 1 aliphatic rings. The number of methoxy groups -OCH3 is 1. The first-order chi connectivity index (χ1) is 9.62. The van der Waals surface area contributed by atoms with E-state index in [2.05, 4.69) is 4.98 Å². The Morgan fingerprint density at radius 3 is 3.00 bits per heavy atom. The molecule has 3 rings (SSSR count). The predicted octanol–water partition coefficient (Wildman–Crippen LogP) is 2.05. The molecule has 2 aromatic rings. The maximum atomic E-state index is 11.0. The van der Waals surface area contributed by atoms with Crippen molar-refractivity contribution in [2.45, 2.75) is 24.9 Å². The number of aliphatic hydroxyl groups is 1. The minimum absolute atomic E-state index is 0.479. The van der Waals surface area contributed by atoms with Crippen molar-refractivity contribution in [2.24, 2.45) is 0 Å². The summed E-state index contributed by atoms with van der Waals surface area (Å²) < 4.78 is 5.26. The van der Waals surface area contributed by atoms with E-state index in [-0.39, 0.29) is 0 Å². The second kappa shape index (κ2) is 4.80. The number of benzene rings is 1. The molecule has 0 bridgehead atoms. The van der Waals surface area contributed by atoms with Crippen molar-refractivity contribution in [1.82, 2.24) is 4.98 Å². The van der Waals surface area contributed by atoms with Gasteiger partial charge in [-0.15, -0.1) is 0 Å². The number of nitrogens with zero attached hydrogens (tertiary/aromatic N) is 1. The van der Waals surface area contributed by atoms with Crippen LogP contribution in [0.15, 0.2) is 36.7 Å². The highest BCUT2D eigenvalue weighted by molar-refractivity contribution is 5.48. The molecule has 20 heavy (non-hydrogen) atoms. The van der Waals surface area contributed by atoms with Crippen molar-refractivity contribution in [3.8, 4) is 5.75 Å². The van der Waals surface area contributed by atoms with Crippen molar-refractivity contribution in [3.05, 3.63) is 53.3 Å².